The van der Waals surface area contributed by atoms with Crippen molar-refractivity contribution >= 4 is 47.0 Å². The molecule has 3 unspecified atom stereocenters. The molecule has 0 saturated carbocycles. The number of carbonyl (C=O) groups is 3. The lowest BCUT2D eigenvalue weighted by atomic mass is 9.99. The number of hydrogen-bond donors (Lipinski definition) is 3. The van der Waals surface area contributed by atoms with E-state index in [2.05, 4.69) is 10.6 Å². The molecule has 0 aliphatic carbocycles. The number of amides is 3. The van der Waals surface area contributed by atoms with Gasteiger partial charge in [-0.15, -0.1) is 0 Å². The first-order valence-corrected chi connectivity index (χ1v) is 14.7. The van der Waals surface area contributed by atoms with Crippen molar-refractivity contribution in [2.75, 3.05) is 17.3 Å². The fourth-order valence-corrected chi connectivity index (χ4v) is 4.77. The van der Waals surface area contributed by atoms with E-state index in [-0.39, 0.29) is 11.8 Å². The summed E-state index contributed by atoms with van der Waals surface area (Å²) in [7, 11) is 0. The topological polar surface area (TPSA) is 108 Å². The molecular formula is C29H40ClN3O5S. The van der Waals surface area contributed by atoms with Crippen molar-refractivity contribution in [1.29, 1.82) is 0 Å². The van der Waals surface area contributed by atoms with Gasteiger partial charge in [-0.3, -0.25) is 9.59 Å². The number of hydrogen-bond acceptors (Lipinski definition) is 6. The number of benzene rings is 2. The van der Waals surface area contributed by atoms with Crippen LogP contribution in [-0.4, -0.2) is 57.6 Å². The van der Waals surface area contributed by atoms with Gasteiger partial charge in [0.2, 0.25) is 5.91 Å². The third-order valence-electron chi connectivity index (χ3n) is 6.10. The molecule has 0 aliphatic rings. The first-order valence-electron chi connectivity index (χ1n) is 12.9. The number of nitrogens with one attached hydrogen (secondary N) is 2. The average Bonchev–Trinajstić information content (AvgIpc) is 2.85. The quantitative estimate of drug-likeness (QED) is 0.289. The van der Waals surface area contributed by atoms with Gasteiger partial charge in [0.15, 0.2) is 0 Å². The van der Waals surface area contributed by atoms with Crippen LogP contribution in [0.1, 0.15) is 64.6 Å². The van der Waals surface area contributed by atoms with E-state index in [4.69, 9.17) is 16.3 Å². The second kappa shape index (κ2) is 14.5. The van der Waals surface area contributed by atoms with Crippen molar-refractivity contribution in [1.82, 2.24) is 10.2 Å². The van der Waals surface area contributed by atoms with Crippen LogP contribution in [0.4, 0.5) is 10.5 Å². The van der Waals surface area contributed by atoms with E-state index in [1.54, 1.807) is 56.8 Å². The van der Waals surface area contributed by atoms with E-state index < -0.39 is 35.6 Å². The van der Waals surface area contributed by atoms with Crippen LogP contribution in [-0.2, 0) is 14.3 Å². The minimum Gasteiger partial charge on any atom is -0.508 e. The summed E-state index contributed by atoms with van der Waals surface area (Å²) in [5.41, 5.74) is 0.879. The fraction of sp³-hybridized carbons (Fsp3) is 0.483. The standard InChI is InChI=1S/C29H40ClN3O5S/c1-8-19(3)33(27(36)23(15-16-39-7)31-28(37)38-29(4,5)6)25(20-12-10-13-21(34)17-20)26(35)32-24-18(2)11-9-14-22(24)30/h9-14,17,19,23,25,34H,8,15-16H2,1-7H3,(H,31,37)(H,32,35). The Balaban J connectivity index is 2.59. The molecule has 0 aliphatic heterocycles. The maximum Gasteiger partial charge on any atom is 0.408 e. The van der Waals surface area contributed by atoms with Gasteiger partial charge in [-0.05, 0) is 88.8 Å². The van der Waals surface area contributed by atoms with Crippen molar-refractivity contribution in [3.05, 3.63) is 58.6 Å². The van der Waals surface area contributed by atoms with Gasteiger partial charge in [-0.25, -0.2) is 4.79 Å². The highest BCUT2D eigenvalue weighted by molar-refractivity contribution is 7.98. The van der Waals surface area contributed by atoms with Crippen LogP contribution < -0.4 is 10.6 Å². The predicted molar refractivity (Wildman–Crippen MR) is 158 cm³/mol. The molecule has 39 heavy (non-hydrogen) atoms. The van der Waals surface area contributed by atoms with Crippen LogP contribution in [0.3, 0.4) is 0 Å². The number of nitrogens with zero attached hydrogens (tertiary/aromatic N) is 1. The fourth-order valence-electron chi connectivity index (χ4n) is 4.03. The summed E-state index contributed by atoms with van der Waals surface area (Å²) in [6.45, 7) is 10.8. The van der Waals surface area contributed by atoms with E-state index in [0.717, 1.165) is 5.56 Å². The number of carbonyl (C=O) groups excluding carboxylic acids is 3. The molecule has 3 N–H and O–H groups in total. The van der Waals surface area contributed by atoms with E-state index >= 15 is 0 Å². The predicted octanol–water partition coefficient (Wildman–Crippen LogP) is 6.31. The Morgan fingerprint density at radius 3 is 2.38 bits per heavy atom. The van der Waals surface area contributed by atoms with Crippen molar-refractivity contribution in [2.45, 2.75) is 78.1 Å². The molecule has 2 aromatic carbocycles. The van der Waals surface area contributed by atoms with Gasteiger partial charge in [0.25, 0.3) is 5.91 Å². The second-order valence-electron chi connectivity index (χ2n) is 10.4. The molecular weight excluding hydrogens is 538 g/mol. The van der Waals surface area contributed by atoms with E-state index in [1.165, 1.54) is 17.0 Å². The third-order valence-corrected chi connectivity index (χ3v) is 7.06. The second-order valence-corrected chi connectivity index (χ2v) is 11.8. The van der Waals surface area contributed by atoms with Gasteiger partial charge in [0.1, 0.15) is 23.4 Å². The number of aromatic hydroxyl groups is 1. The van der Waals surface area contributed by atoms with Crippen LogP contribution in [0.5, 0.6) is 5.75 Å². The molecule has 0 radical (unpaired) electrons. The highest BCUT2D eigenvalue weighted by Gasteiger charge is 2.38. The highest BCUT2D eigenvalue weighted by atomic mass is 35.5. The third kappa shape index (κ3) is 9.35. The summed E-state index contributed by atoms with van der Waals surface area (Å²) in [6.07, 6.45) is 2.08. The molecule has 10 heteroatoms. The van der Waals surface area contributed by atoms with E-state index in [9.17, 15) is 19.5 Å². The molecule has 0 spiro atoms. The minimum absolute atomic E-state index is 0.0402. The van der Waals surface area contributed by atoms with Crippen molar-refractivity contribution in [3.8, 4) is 5.75 Å². The number of rotatable bonds is 11. The highest BCUT2D eigenvalue weighted by Crippen LogP contribution is 2.32. The SMILES string of the molecule is CCC(C)N(C(=O)C(CCSC)NC(=O)OC(C)(C)C)C(C(=O)Nc1c(C)cccc1Cl)c1cccc(O)c1. The van der Waals surface area contributed by atoms with Crippen LogP contribution in [0.15, 0.2) is 42.5 Å². The number of phenols is 1. The zero-order chi connectivity index (χ0) is 29.3. The van der Waals surface area contributed by atoms with Crippen molar-refractivity contribution in [3.63, 3.8) is 0 Å². The summed E-state index contributed by atoms with van der Waals surface area (Å²) in [5.74, 6) is -0.362. The maximum absolute atomic E-state index is 14.2. The Hall–Kier alpha value is -2.91. The molecule has 3 atom stereocenters. The Morgan fingerprint density at radius 1 is 1.15 bits per heavy atom. The summed E-state index contributed by atoms with van der Waals surface area (Å²) < 4.78 is 5.42. The molecule has 214 valence electrons. The lowest BCUT2D eigenvalue weighted by Crippen LogP contribution is -2.55. The molecule has 8 nitrogen and oxygen atoms in total. The van der Waals surface area contributed by atoms with Crippen molar-refractivity contribution in [2.24, 2.45) is 0 Å². The van der Waals surface area contributed by atoms with Crippen LogP contribution in [0.25, 0.3) is 0 Å². The smallest absolute Gasteiger partial charge is 0.408 e. The number of aryl methyl sites for hydroxylation is 1. The van der Waals surface area contributed by atoms with Gasteiger partial charge in [-0.1, -0.05) is 42.8 Å². The molecule has 0 heterocycles. The van der Waals surface area contributed by atoms with Crippen LogP contribution in [0, 0.1) is 6.92 Å². The van der Waals surface area contributed by atoms with Gasteiger partial charge >= 0.3 is 6.09 Å². The van der Waals surface area contributed by atoms with Crippen molar-refractivity contribution < 1.29 is 24.2 Å². The van der Waals surface area contributed by atoms with Gasteiger partial charge in [0, 0.05) is 6.04 Å². The number of anilines is 1. The zero-order valence-corrected chi connectivity index (χ0v) is 25.3. The Labute approximate surface area is 240 Å². The summed E-state index contributed by atoms with van der Waals surface area (Å²) >= 11 is 7.94. The van der Waals surface area contributed by atoms with Gasteiger partial charge < -0.3 is 25.4 Å². The van der Waals surface area contributed by atoms with E-state index in [1.807, 2.05) is 33.1 Å². The molecule has 0 fully saturated rings. The number of alkyl carbamates (subject to hydrolysis) is 1. The summed E-state index contributed by atoms with van der Waals surface area (Å²) in [6, 6.07) is 9.11. The molecule has 0 saturated heterocycles. The van der Waals surface area contributed by atoms with Gasteiger partial charge in [-0.2, -0.15) is 11.8 Å². The summed E-state index contributed by atoms with van der Waals surface area (Å²) in [4.78, 5) is 42.4. The Morgan fingerprint density at radius 2 is 1.82 bits per heavy atom. The first-order chi connectivity index (χ1) is 18.3. The lowest BCUT2D eigenvalue weighted by Gasteiger charge is -2.38. The first kappa shape index (κ1) is 32.3. The maximum atomic E-state index is 14.2. The summed E-state index contributed by atoms with van der Waals surface area (Å²) in [5, 5.41) is 16.2. The Bertz CT molecular complexity index is 1130. The number of ether oxygens (including phenoxy) is 1. The van der Waals surface area contributed by atoms with E-state index in [0.29, 0.717) is 34.9 Å². The molecule has 3 amide bonds. The minimum atomic E-state index is -1.12. The number of thioether (sulfide) groups is 1. The molecule has 2 aromatic rings. The van der Waals surface area contributed by atoms with Gasteiger partial charge in [0.05, 0.1) is 10.7 Å². The Kier molecular flexibility index (Phi) is 12.0. The van der Waals surface area contributed by atoms with Crippen LogP contribution in [0.2, 0.25) is 5.02 Å². The zero-order valence-electron chi connectivity index (χ0n) is 23.7. The number of halogens is 1. The largest absolute Gasteiger partial charge is 0.508 e. The number of phenolic OH excluding ortho intramolecular Hbond substituents is 1. The number of para-hydroxylation sites is 1. The average molecular weight is 578 g/mol. The normalized spacial score (nSPS) is 13.6. The monoisotopic (exact) mass is 577 g/mol. The van der Waals surface area contributed by atoms with Crippen LogP contribution >= 0.6 is 23.4 Å². The molecule has 0 aromatic heterocycles. The molecule has 0 bridgehead atoms. The molecule has 2 rings (SSSR count). The lowest BCUT2D eigenvalue weighted by molar-refractivity contribution is -0.143.